The lowest BCUT2D eigenvalue weighted by atomic mass is 10.1. The summed E-state index contributed by atoms with van der Waals surface area (Å²) in [5, 5.41) is 0.135. The van der Waals surface area contributed by atoms with E-state index >= 15 is 0 Å². The first-order chi connectivity index (χ1) is 10.3. The highest BCUT2D eigenvalue weighted by Crippen LogP contribution is 2.44. The van der Waals surface area contributed by atoms with Crippen LogP contribution >= 0.6 is 31.9 Å². The van der Waals surface area contributed by atoms with Crippen LogP contribution in [0.15, 0.2) is 9.47 Å². The maximum atomic E-state index is 6.66. The normalized spacial score (nSPS) is 33.6. The molecule has 134 valence electrons. The van der Waals surface area contributed by atoms with E-state index in [1.165, 1.54) is 0 Å². The number of ether oxygens (including phenoxy) is 3. The van der Waals surface area contributed by atoms with Crippen molar-refractivity contribution in [3.05, 3.63) is 9.47 Å². The van der Waals surface area contributed by atoms with Crippen LogP contribution in [0, 0.1) is 0 Å². The highest BCUT2D eigenvalue weighted by Gasteiger charge is 2.57. The molecule has 7 heteroatoms. The smallest absolute Gasteiger partial charge is 0.192 e. The molecule has 0 spiro atoms. The Hall–Kier alpha value is 0.757. The van der Waals surface area contributed by atoms with Gasteiger partial charge in [0.15, 0.2) is 20.4 Å². The molecule has 4 atom stereocenters. The molecule has 2 saturated heterocycles. The Labute approximate surface area is 157 Å². The molecule has 0 aromatic rings. The van der Waals surface area contributed by atoms with Gasteiger partial charge >= 0.3 is 0 Å². The molecule has 23 heavy (non-hydrogen) atoms. The van der Waals surface area contributed by atoms with E-state index in [0.29, 0.717) is 0 Å². The zero-order valence-electron chi connectivity index (χ0n) is 15.0. The van der Waals surface area contributed by atoms with Gasteiger partial charge in [0.05, 0.1) is 9.50 Å². The molecule has 2 rings (SSSR count). The summed E-state index contributed by atoms with van der Waals surface area (Å²) in [7, 11) is -1.93. The molecule has 0 saturated carbocycles. The monoisotopic (exact) mass is 470 g/mol. The van der Waals surface area contributed by atoms with Gasteiger partial charge in [-0.1, -0.05) is 26.8 Å². The lowest BCUT2D eigenvalue weighted by molar-refractivity contribution is -0.213. The second kappa shape index (κ2) is 6.82. The minimum absolute atomic E-state index is 0.0691. The van der Waals surface area contributed by atoms with Crippen molar-refractivity contribution in [2.24, 2.45) is 0 Å². The lowest BCUT2D eigenvalue weighted by Crippen LogP contribution is -2.49. The van der Waals surface area contributed by atoms with E-state index in [1.54, 1.807) is 0 Å². The van der Waals surface area contributed by atoms with Crippen molar-refractivity contribution in [3.8, 4) is 0 Å². The Morgan fingerprint density at radius 2 is 1.83 bits per heavy atom. The largest absolute Gasteiger partial charge is 0.408 e. The van der Waals surface area contributed by atoms with Crippen molar-refractivity contribution >= 4 is 40.2 Å². The van der Waals surface area contributed by atoms with Gasteiger partial charge in [-0.3, -0.25) is 0 Å². The van der Waals surface area contributed by atoms with E-state index in [-0.39, 0.29) is 29.6 Å². The predicted molar refractivity (Wildman–Crippen MR) is 101 cm³/mol. The second-order valence-electron chi connectivity index (χ2n) is 8.22. The van der Waals surface area contributed by atoms with Gasteiger partial charge in [-0.25, -0.2) is 0 Å². The minimum Gasteiger partial charge on any atom is -0.408 e. The van der Waals surface area contributed by atoms with Crippen LogP contribution in [0.1, 0.15) is 41.0 Å². The zero-order valence-corrected chi connectivity index (χ0v) is 19.2. The Balaban J connectivity index is 2.20. The van der Waals surface area contributed by atoms with Crippen molar-refractivity contribution in [2.45, 2.75) is 89.6 Å². The maximum Gasteiger partial charge on any atom is 0.192 e. The first-order valence-corrected chi connectivity index (χ1v) is 12.5. The summed E-state index contributed by atoms with van der Waals surface area (Å²) in [5.74, 6) is -0.624. The Kier molecular flexibility index (Phi) is 5.95. The third-order valence-corrected chi connectivity index (χ3v) is 9.95. The van der Waals surface area contributed by atoms with Gasteiger partial charge in [0.2, 0.25) is 0 Å². The Bertz CT molecular complexity index is 469. The Morgan fingerprint density at radius 3 is 2.35 bits per heavy atom. The van der Waals surface area contributed by atoms with E-state index in [0.717, 1.165) is 9.81 Å². The standard InChI is InChI=1S/C16H28Br2O4Si/c1-15(2,3)23(6,7)22-12-10(8-9-11(17)18)19-14-13(12)20-16(4,5)21-14/h9-10,12-14H,8H2,1-7H3/t10-,12-,13-,14-/m1/s1. The van der Waals surface area contributed by atoms with Crippen LogP contribution in [0.2, 0.25) is 18.1 Å². The average molecular weight is 472 g/mol. The number of fused-ring (bicyclic) bond motifs is 1. The third kappa shape index (κ3) is 4.68. The van der Waals surface area contributed by atoms with Crippen LogP contribution < -0.4 is 0 Å². The van der Waals surface area contributed by atoms with Crippen molar-refractivity contribution < 1.29 is 18.6 Å². The molecule has 4 nitrogen and oxygen atoms in total. The molecule has 2 aliphatic heterocycles. The predicted octanol–water partition coefficient (Wildman–Crippen LogP) is 5.27. The van der Waals surface area contributed by atoms with Gasteiger partial charge in [0.1, 0.15) is 12.2 Å². The second-order valence-corrected chi connectivity index (χ2v) is 15.7. The zero-order chi connectivity index (χ0) is 17.6. The SMILES string of the molecule is CC1(C)O[C@H]2O[C@H](CC=C(Br)Br)[C@@H](O[Si](C)(C)C(C)(C)C)[C@H]2O1. The van der Waals surface area contributed by atoms with Crippen LogP contribution in [-0.4, -0.2) is 38.7 Å². The van der Waals surface area contributed by atoms with E-state index in [9.17, 15) is 0 Å². The summed E-state index contributed by atoms with van der Waals surface area (Å²) in [6.45, 7) is 15.1. The van der Waals surface area contributed by atoms with Crippen molar-refractivity contribution in [1.29, 1.82) is 0 Å². The molecule has 0 radical (unpaired) electrons. The molecule has 0 N–H and O–H groups in total. The van der Waals surface area contributed by atoms with Gasteiger partial charge in [-0.15, -0.1) is 0 Å². The Morgan fingerprint density at radius 1 is 1.22 bits per heavy atom. The van der Waals surface area contributed by atoms with E-state index in [4.69, 9.17) is 18.6 Å². The maximum absolute atomic E-state index is 6.66. The molecule has 0 aromatic heterocycles. The summed E-state index contributed by atoms with van der Waals surface area (Å²) in [5.41, 5.74) is 0. The van der Waals surface area contributed by atoms with Gasteiger partial charge < -0.3 is 18.6 Å². The van der Waals surface area contributed by atoms with E-state index in [2.05, 4.69) is 65.7 Å². The molecule has 2 heterocycles. The lowest BCUT2D eigenvalue weighted by Gasteiger charge is -2.40. The van der Waals surface area contributed by atoms with Gasteiger partial charge in [0, 0.05) is 0 Å². The molecule has 2 aliphatic rings. The minimum atomic E-state index is -1.93. The topological polar surface area (TPSA) is 36.9 Å². The van der Waals surface area contributed by atoms with Gasteiger partial charge in [-0.2, -0.15) is 0 Å². The van der Waals surface area contributed by atoms with E-state index < -0.39 is 14.1 Å². The fourth-order valence-corrected chi connectivity index (χ4v) is 4.29. The summed E-state index contributed by atoms with van der Waals surface area (Å²) in [6.07, 6.45) is 2.07. The molecule has 0 amide bonds. The van der Waals surface area contributed by atoms with Crippen LogP contribution in [0.4, 0.5) is 0 Å². The van der Waals surface area contributed by atoms with Crippen LogP contribution in [-0.2, 0) is 18.6 Å². The molecule has 2 fully saturated rings. The number of halogens is 2. The van der Waals surface area contributed by atoms with Crippen LogP contribution in [0.5, 0.6) is 0 Å². The quantitative estimate of drug-likeness (QED) is 0.523. The molecule has 0 aliphatic carbocycles. The fraction of sp³-hybridized carbons (Fsp3) is 0.875. The molecule has 0 bridgehead atoms. The highest BCUT2D eigenvalue weighted by molar-refractivity contribution is 9.28. The molecule has 0 aromatic carbocycles. The summed E-state index contributed by atoms with van der Waals surface area (Å²) in [4.78, 5) is 0. The number of rotatable bonds is 4. The summed E-state index contributed by atoms with van der Waals surface area (Å²) >= 11 is 6.80. The van der Waals surface area contributed by atoms with Crippen molar-refractivity contribution in [1.82, 2.24) is 0 Å². The first-order valence-electron chi connectivity index (χ1n) is 8.02. The molecule has 0 unspecified atom stereocenters. The number of hydrogen-bond donors (Lipinski definition) is 0. The fourth-order valence-electron chi connectivity index (χ4n) is 2.60. The summed E-state index contributed by atoms with van der Waals surface area (Å²) in [6, 6.07) is 0. The average Bonchev–Trinajstić information content (AvgIpc) is 2.79. The molecular weight excluding hydrogens is 444 g/mol. The third-order valence-electron chi connectivity index (χ3n) is 4.83. The highest BCUT2D eigenvalue weighted by atomic mass is 79.9. The van der Waals surface area contributed by atoms with Crippen molar-refractivity contribution in [3.63, 3.8) is 0 Å². The van der Waals surface area contributed by atoms with Crippen molar-refractivity contribution in [2.75, 3.05) is 0 Å². The molecular formula is C16H28Br2O4Si. The van der Waals surface area contributed by atoms with Gasteiger partial charge in [0.25, 0.3) is 0 Å². The number of hydrogen-bond acceptors (Lipinski definition) is 4. The van der Waals surface area contributed by atoms with Crippen LogP contribution in [0.25, 0.3) is 0 Å². The van der Waals surface area contributed by atoms with Crippen LogP contribution in [0.3, 0.4) is 0 Å². The van der Waals surface area contributed by atoms with E-state index in [1.807, 2.05) is 19.9 Å². The summed E-state index contributed by atoms with van der Waals surface area (Å²) < 4.78 is 25.7. The first kappa shape index (κ1) is 20.1. The van der Waals surface area contributed by atoms with Gasteiger partial charge in [-0.05, 0) is 70.3 Å².